The van der Waals surface area contributed by atoms with E-state index in [1.54, 1.807) is 55.2 Å². The Morgan fingerprint density at radius 2 is 1.88 bits per heavy atom. The van der Waals surface area contributed by atoms with Gasteiger partial charge >= 0.3 is 0 Å². The lowest BCUT2D eigenvalue weighted by Crippen LogP contribution is -2.27. The molecule has 0 unspecified atom stereocenters. The minimum absolute atomic E-state index is 0.164. The zero-order valence-electron chi connectivity index (χ0n) is 18.4. The van der Waals surface area contributed by atoms with E-state index in [2.05, 4.69) is 5.32 Å². The lowest BCUT2D eigenvalue weighted by molar-refractivity contribution is -0.115. The predicted molar refractivity (Wildman–Crippen MR) is 133 cm³/mol. The number of thioether (sulfide) groups is 1. The standard InChI is InChI=1S/C24H23N3O4S2/c1-4-20(22(28)25-17-7-5-6-8-19(17)31-3)33-24-26-18-13-14-32-21(18)23(29)27(24)15-9-11-16(30-2)12-10-15/h5-14,20H,4H2,1-3H3,(H,25,28)/t20-/m0/s1. The normalized spacial score (nSPS) is 11.8. The Kier molecular flexibility index (Phi) is 7.00. The fourth-order valence-electron chi connectivity index (χ4n) is 3.34. The molecule has 0 radical (unpaired) electrons. The van der Waals surface area contributed by atoms with Gasteiger partial charge in [0.15, 0.2) is 5.16 Å². The monoisotopic (exact) mass is 481 g/mol. The first-order chi connectivity index (χ1) is 16.0. The van der Waals surface area contributed by atoms with Gasteiger partial charge in [-0.2, -0.15) is 0 Å². The lowest BCUT2D eigenvalue weighted by Gasteiger charge is -2.18. The average Bonchev–Trinajstić information content (AvgIpc) is 3.32. The number of methoxy groups -OCH3 is 2. The van der Waals surface area contributed by atoms with Crippen LogP contribution < -0.4 is 20.3 Å². The number of carbonyl (C=O) groups is 1. The van der Waals surface area contributed by atoms with E-state index in [9.17, 15) is 9.59 Å². The number of hydrogen-bond acceptors (Lipinski definition) is 7. The molecule has 1 amide bonds. The van der Waals surface area contributed by atoms with E-state index < -0.39 is 5.25 Å². The molecule has 1 N–H and O–H groups in total. The number of para-hydroxylation sites is 2. The second kappa shape index (κ2) is 10.1. The van der Waals surface area contributed by atoms with E-state index in [0.717, 1.165) is 0 Å². The van der Waals surface area contributed by atoms with Gasteiger partial charge in [0.25, 0.3) is 5.56 Å². The minimum atomic E-state index is -0.470. The number of ether oxygens (including phenoxy) is 2. The maximum atomic E-state index is 13.4. The predicted octanol–water partition coefficient (Wildman–Crippen LogP) is 4.97. The van der Waals surface area contributed by atoms with Crippen LogP contribution in [0.4, 0.5) is 5.69 Å². The van der Waals surface area contributed by atoms with Crippen LogP contribution in [0, 0.1) is 0 Å². The molecule has 0 bridgehead atoms. The molecule has 7 nitrogen and oxygen atoms in total. The number of thiophene rings is 1. The van der Waals surface area contributed by atoms with Crippen LogP contribution in [0.2, 0.25) is 0 Å². The molecule has 9 heteroatoms. The van der Waals surface area contributed by atoms with Crippen LogP contribution in [0.1, 0.15) is 13.3 Å². The number of fused-ring (bicyclic) bond motifs is 1. The molecule has 33 heavy (non-hydrogen) atoms. The van der Waals surface area contributed by atoms with Crippen molar-refractivity contribution < 1.29 is 14.3 Å². The number of benzene rings is 2. The van der Waals surface area contributed by atoms with Crippen molar-refractivity contribution in [2.45, 2.75) is 23.8 Å². The number of nitrogens with one attached hydrogen (secondary N) is 1. The third-order valence-corrected chi connectivity index (χ3v) is 7.26. The first-order valence-corrected chi connectivity index (χ1v) is 12.1. The Morgan fingerprint density at radius 1 is 1.12 bits per heavy atom. The zero-order valence-corrected chi connectivity index (χ0v) is 20.0. The van der Waals surface area contributed by atoms with Gasteiger partial charge < -0.3 is 14.8 Å². The van der Waals surface area contributed by atoms with Crippen LogP contribution in [-0.4, -0.2) is 34.9 Å². The summed E-state index contributed by atoms with van der Waals surface area (Å²) in [7, 11) is 3.15. The van der Waals surface area contributed by atoms with Gasteiger partial charge in [0.2, 0.25) is 5.91 Å². The third kappa shape index (κ3) is 4.74. The van der Waals surface area contributed by atoms with Gasteiger partial charge in [0.1, 0.15) is 16.2 Å². The second-order valence-electron chi connectivity index (χ2n) is 7.07. The highest BCUT2D eigenvalue weighted by atomic mass is 32.2. The van der Waals surface area contributed by atoms with Crippen molar-refractivity contribution in [2.75, 3.05) is 19.5 Å². The van der Waals surface area contributed by atoms with Crippen molar-refractivity contribution in [3.63, 3.8) is 0 Å². The summed E-state index contributed by atoms with van der Waals surface area (Å²) in [5.41, 5.74) is 1.71. The smallest absolute Gasteiger partial charge is 0.276 e. The molecule has 0 fully saturated rings. The fourth-order valence-corrected chi connectivity index (χ4v) is 5.13. The molecular formula is C24H23N3O4S2. The summed E-state index contributed by atoms with van der Waals surface area (Å²) in [6, 6.07) is 16.3. The topological polar surface area (TPSA) is 82.5 Å². The first kappa shape index (κ1) is 22.9. The molecule has 1 atom stereocenters. The highest BCUT2D eigenvalue weighted by Gasteiger charge is 2.24. The van der Waals surface area contributed by atoms with Gasteiger partial charge in [-0.1, -0.05) is 30.8 Å². The van der Waals surface area contributed by atoms with Crippen LogP contribution >= 0.6 is 23.1 Å². The Morgan fingerprint density at radius 3 is 2.58 bits per heavy atom. The van der Waals surface area contributed by atoms with Crippen molar-refractivity contribution in [3.8, 4) is 17.2 Å². The molecule has 4 rings (SSSR count). The molecule has 0 aliphatic carbocycles. The average molecular weight is 482 g/mol. The Balaban J connectivity index is 1.71. The number of anilines is 1. The van der Waals surface area contributed by atoms with Crippen LogP contribution in [0.3, 0.4) is 0 Å². The molecule has 170 valence electrons. The number of nitrogens with zero attached hydrogens (tertiary/aromatic N) is 2. The van der Waals surface area contributed by atoms with Gasteiger partial charge in [0.05, 0.1) is 36.4 Å². The summed E-state index contributed by atoms with van der Waals surface area (Å²) >= 11 is 2.62. The van der Waals surface area contributed by atoms with Gasteiger partial charge in [0, 0.05) is 0 Å². The quantitative estimate of drug-likeness (QED) is 0.283. The van der Waals surface area contributed by atoms with Gasteiger partial charge in [-0.15, -0.1) is 11.3 Å². The van der Waals surface area contributed by atoms with Crippen molar-refractivity contribution in [2.24, 2.45) is 0 Å². The molecule has 0 spiro atoms. The van der Waals surface area contributed by atoms with Crippen molar-refractivity contribution >= 4 is 44.9 Å². The van der Waals surface area contributed by atoms with E-state index in [0.29, 0.717) is 44.7 Å². The molecular weight excluding hydrogens is 458 g/mol. The maximum Gasteiger partial charge on any atom is 0.276 e. The first-order valence-electron chi connectivity index (χ1n) is 10.3. The molecule has 4 aromatic rings. The Bertz CT molecular complexity index is 1330. The zero-order chi connectivity index (χ0) is 23.4. The van der Waals surface area contributed by atoms with Gasteiger partial charge in [-0.05, 0) is 54.3 Å². The number of hydrogen-bond donors (Lipinski definition) is 1. The van der Waals surface area contributed by atoms with E-state index >= 15 is 0 Å². The Labute approximate surface area is 199 Å². The molecule has 2 aromatic carbocycles. The fraction of sp³-hybridized carbons (Fsp3) is 0.208. The lowest BCUT2D eigenvalue weighted by atomic mass is 10.2. The molecule has 2 aromatic heterocycles. The largest absolute Gasteiger partial charge is 0.497 e. The summed E-state index contributed by atoms with van der Waals surface area (Å²) in [6.45, 7) is 1.93. The van der Waals surface area contributed by atoms with Crippen LogP contribution in [0.25, 0.3) is 15.9 Å². The van der Waals surface area contributed by atoms with Gasteiger partial charge in [-0.3, -0.25) is 14.2 Å². The number of aromatic nitrogens is 2. The van der Waals surface area contributed by atoms with Crippen LogP contribution in [0.5, 0.6) is 11.5 Å². The summed E-state index contributed by atoms with van der Waals surface area (Å²) in [4.78, 5) is 31.2. The van der Waals surface area contributed by atoms with Crippen molar-refractivity contribution in [1.29, 1.82) is 0 Å². The summed E-state index contributed by atoms with van der Waals surface area (Å²) in [6.07, 6.45) is 0.547. The number of amides is 1. The summed E-state index contributed by atoms with van der Waals surface area (Å²) in [5.74, 6) is 1.08. The van der Waals surface area contributed by atoms with Crippen LogP contribution in [-0.2, 0) is 4.79 Å². The highest BCUT2D eigenvalue weighted by Crippen LogP contribution is 2.30. The van der Waals surface area contributed by atoms with Gasteiger partial charge in [-0.25, -0.2) is 4.98 Å². The van der Waals surface area contributed by atoms with E-state index in [4.69, 9.17) is 14.5 Å². The number of carbonyl (C=O) groups excluding carboxylic acids is 1. The maximum absolute atomic E-state index is 13.4. The number of rotatable bonds is 8. The molecule has 2 heterocycles. The summed E-state index contributed by atoms with van der Waals surface area (Å²) in [5, 5.41) is 4.77. The van der Waals surface area contributed by atoms with Crippen LogP contribution in [0.15, 0.2) is 69.9 Å². The van der Waals surface area contributed by atoms with E-state index in [1.165, 1.54) is 23.1 Å². The highest BCUT2D eigenvalue weighted by molar-refractivity contribution is 8.00. The van der Waals surface area contributed by atoms with Crippen molar-refractivity contribution in [3.05, 3.63) is 70.3 Å². The third-order valence-electron chi connectivity index (χ3n) is 5.06. The summed E-state index contributed by atoms with van der Waals surface area (Å²) < 4.78 is 12.7. The minimum Gasteiger partial charge on any atom is -0.497 e. The van der Waals surface area contributed by atoms with E-state index in [-0.39, 0.29) is 11.5 Å². The molecule has 0 saturated heterocycles. The van der Waals surface area contributed by atoms with Crippen molar-refractivity contribution in [1.82, 2.24) is 9.55 Å². The second-order valence-corrected chi connectivity index (χ2v) is 9.16. The van der Waals surface area contributed by atoms with E-state index in [1.807, 2.05) is 30.5 Å². The molecule has 0 aliphatic heterocycles. The molecule has 0 saturated carbocycles. The SMILES string of the molecule is CC[C@H](Sc1nc2ccsc2c(=O)n1-c1ccc(OC)cc1)C(=O)Nc1ccccc1OC. The molecule has 0 aliphatic rings. The Hall–Kier alpha value is -3.30.